The van der Waals surface area contributed by atoms with Crippen LogP contribution in [0.4, 0.5) is 5.69 Å². The van der Waals surface area contributed by atoms with E-state index in [0.29, 0.717) is 6.42 Å². The molecule has 130 valence electrons. The molecule has 0 fully saturated rings. The Morgan fingerprint density at radius 3 is 2.79 bits per heavy atom. The van der Waals surface area contributed by atoms with E-state index in [1.165, 1.54) is 11.1 Å². The maximum absolute atomic E-state index is 12.3. The lowest BCUT2D eigenvalue weighted by atomic mass is 9.87. The number of nitrogens with one attached hydrogen (secondary N) is 1. The average molecular weight is 368 g/mol. The lowest BCUT2D eigenvalue weighted by Gasteiger charge is -2.26. The fraction of sp³-hybridized carbons (Fsp3) is 0.333. The van der Waals surface area contributed by atoms with Crippen molar-refractivity contribution in [2.75, 3.05) is 5.73 Å². The van der Waals surface area contributed by atoms with Gasteiger partial charge in [0.15, 0.2) is 0 Å². The van der Waals surface area contributed by atoms with Crippen molar-refractivity contribution in [2.45, 2.75) is 38.6 Å². The summed E-state index contributed by atoms with van der Waals surface area (Å²) in [6, 6.07) is 9.96. The smallest absolute Gasteiger partial charge is 0.224 e. The summed E-state index contributed by atoms with van der Waals surface area (Å²) in [6.07, 6.45) is 5.23. The van der Waals surface area contributed by atoms with Gasteiger partial charge in [0.1, 0.15) is 0 Å². The quantitative estimate of drug-likeness (QED) is 0.814. The normalized spacial score (nSPS) is 15.5. The van der Waals surface area contributed by atoms with E-state index in [2.05, 4.69) is 10.3 Å². The molecule has 6 heteroatoms. The summed E-state index contributed by atoms with van der Waals surface area (Å²) in [5, 5.41) is 3.15. The lowest BCUT2D eigenvalue weighted by molar-refractivity contribution is -0.121. The molecule has 1 aliphatic rings. The van der Waals surface area contributed by atoms with Gasteiger partial charge in [-0.05, 0) is 61.1 Å². The first-order valence-electron chi connectivity index (χ1n) is 7.71. The second-order valence-corrected chi connectivity index (χ2v) is 5.96. The predicted molar refractivity (Wildman–Crippen MR) is 102 cm³/mol. The Bertz CT molecular complexity index is 689. The molecule has 0 spiro atoms. The molecule has 0 saturated carbocycles. The number of pyridine rings is 1. The van der Waals surface area contributed by atoms with E-state index >= 15 is 0 Å². The van der Waals surface area contributed by atoms with Gasteiger partial charge < -0.3 is 11.1 Å². The molecule has 0 aliphatic heterocycles. The maximum atomic E-state index is 12.3. The lowest BCUT2D eigenvalue weighted by Crippen LogP contribution is -2.32. The van der Waals surface area contributed by atoms with E-state index < -0.39 is 0 Å². The maximum Gasteiger partial charge on any atom is 0.224 e. The molecule has 3 rings (SSSR count). The van der Waals surface area contributed by atoms with Gasteiger partial charge >= 0.3 is 0 Å². The van der Waals surface area contributed by atoms with E-state index in [1.807, 2.05) is 37.3 Å². The summed E-state index contributed by atoms with van der Waals surface area (Å²) in [4.78, 5) is 16.5. The summed E-state index contributed by atoms with van der Waals surface area (Å²) in [6.45, 7) is 1.94. The molecule has 0 radical (unpaired) electrons. The Kier molecular flexibility index (Phi) is 7.52. The van der Waals surface area contributed by atoms with Crippen molar-refractivity contribution < 1.29 is 4.79 Å². The number of amides is 1. The van der Waals surface area contributed by atoms with Gasteiger partial charge in [-0.3, -0.25) is 9.78 Å². The first-order chi connectivity index (χ1) is 10.6. The third kappa shape index (κ3) is 4.86. The SMILES string of the molecule is Cc1ccc(CC(=O)NC2CCCc3cc(N)ccc32)cn1.Cl.Cl. The van der Waals surface area contributed by atoms with Crippen LogP contribution in [0.25, 0.3) is 0 Å². The molecule has 1 aromatic heterocycles. The zero-order chi connectivity index (χ0) is 15.5. The molecule has 24 heavy (non-hydrogen) atoms. The monoisotopic (exact) mass is 367 g/mol. The Morgan fingerprint density at radius 1 is 1.29 bits per heavy atom. The Morgan fingerprint density at radius 2 is 2.08 bits per heavy atom. The van der Waals surface area contributed by atoms with Gasteiger partial charge in [0, 0.05) is 17.6 Å². The van der Waals surface area contributed by atoms with Crippen LogP contribution in [-0.4, -0.2) is 10.9 Å². The Hall–Kier alpha value is -1.78. The van der Waals surface area contributed by atoms with Crippen molar-refractivity contribution in [1.29, 1.82) is 0 Å². The Labute approximate surface area is 155 Å². The number of anilines is 1. The van der Waals surface area contributed by atoms with E-state index in [1.54, 1.807) is 6.20 Å². The minimum atomic E-state index is 0. The molecular weight excluding hydrogens is 345 g/mol. The number of aryl methyl sites for hydroxylation is 2. The molecule has 0 saturated heterocycles. The van der Waals surface area contributed by atoms with Crippen molar-refractivity contribution in [3.63, 3.8) is 0 Å². The second kappa shape index (κ2) is 8.90. The van der Waals surface area contributed by atoms with Crippen molar-refractivity contribution in [3.05, 3.63) is 58.9 Å². The van der Waals surface area contributed by atoms with Crippen LogP contribution < -0.4 is 11.1 Å². The molecule has 3 N–H and O–H groups in total. The van der Waals surface area contributed by atoms with Gasteiger partial charge in [-0.25, -0.2) is 0 Å². The molecular formula is C18H23Cl2N3O. The van der Waals surface area contributed by atoms with Gasteiger partial charge in [0.25, 0.3) is 0 Å². The molecule has 1 heterocycles. The number of hydrogen-bond acceptors (Lipinski definition) is 3. The molecule has 1 aliphatic carbocycles. The van der Waals surface area contributed by atoms with Gasteiger partial charge in [-0.2, -0.15) is 0 Å². The molecule has 1 unspecified atom stereocenters. The number of aromatic nitrogens is 1. The first-order valence-corrected chi connectivity index (χ1v) is 7.71. The van der Waals surface area contributed by atoms with Crippen LogP contribution >= 0.6 is 24.8 Å². The zero-order valence-corrected chi connectivity index (χ0v) is 15.3. The van der Waals surface area contributed by atoms with Gasteiger partial charge in [0.2, 0.25) is 5.91 Å². The number of carbonyl (C=O) groups excluding carboxylic acids is 1. The highest BCUT2D eigenvalue weighted by molar-refractivity contribution is 5.85. The van der Waals surface area contributed by atoms with Crippen LogP contribution in [0.3, 0.4) is 0 Å². The highest BCUT2D eigenvalue weighted by Crippen LogP contribution is 2.30. The summed E-state index contributed by atoms with van der Waals surface area (Å²) in [5.41, 5.74) is 11.0. The van der Waals surface area contributed by atoms with Crippen molar-refractivity contribution in [1.82, 2.24) is 10.3 Å². The van der Waals surface area contributed by atoms with Crippen LogP contribution in [0.2, 0.25) is 0 Å². The third-order valence-corrected chi connectivity index (χ3v) is 4.15. The third-order valence-electron chi connectivity index (χ3n) is 4.15. The van der Waals surface area contributed by atoms with Crippen molar-refractivity contribution >= 4 is 36.4 Å². The van der Waals surface area contributed by atoms with Crippen LogP contribution in [-0.2, 0) is 17.6 Å². The largest absolute Gasteiger partial charge is 0.399 e. The minimum Gasteiger partial charge on any atom is -0.399 e. The first kappa shape index (κ1) is 20.3. The molecule has 4 nitrogen and oxygen atoms in total. The number of hydrogen-bond donors (Lipinski definition) is 2. The van der Waals surface area contributed by atoms with E-state index in [0.717, 1.165) is 36.2 Å². The number of halogens is 2. The average Bonchev–Trinajstić information content (AvgIpc) is 2.49. The van der Waals surface area contributed by atoms with Crippen molar-refractivity contribution in [2.24, 2.45) is 0 Å². The Balaban J connectivity index is 0.00000144. The van der Waals surface area contributed by atoms with E-state index in [9.17, 15) is 4.79 Å². The number of carbonyl (C=O) groups is 1. The van der Waals surface area contributed by atoms with Gasteiger partial charge in [-0.15, -0.1) is 24.8 Å². The molecule has 1 aromatic carbocycles. The number of nitrogens with two attached hydrogens (primary N) is 1. The highest BCUT2D eigenvalue weighted by Gasteiger charge is 2.21. The minimum absolute atomic E-state index is 0. The van der Waals surface area contributed by atoms with Crippen LogP contribution in [0.15, 0.2) is 36.5 Å². The molecule has 1 atom stereocenters. The summed E-state index contributed by atoms with van der Waals surface area (Å²) in [7, 11) is 0. The fourth-order valence-corrected chi connectivity index (χ4v) is 3.02. The highest BCUT2D eigenvalue weighted by atomic mass is 35.5. The second-order valence-electron chi connectivity index (χ2n) is 5.96. The number of rotatable bonds is 3. The summed E-state index contributed by atoms with van der Waals surface area (Å²) >= 11 is 0. The molecule has 1 amide bonds. The van der Waals surface area contributed by atoms with Crippen molar-refractivity contribution in [3.8, 4) is 0 Å². The fourth-order valence-electron chi connectivity index (χ4n) is 3.02. The van der Waals surface area contributed by atoms with Gasteiger partial charge in [0.05, 0.1) is 12.5 Å². The van der Waals surface area contributed by atoms with E-state index in [-0.39, 0.29) is 36.8 Å². The van der Waals surface area contributed by atoms with Crippen LogP contribution in [0.5, 0.6) is 0 Å². The number of benzene rings is 1. The number of nitrogen functional groups attached to an aromatic ring is 1. The van der Waals surface area contributed by atoms with Crippen LogP contribution in [0.1, 0.15) is 41.3 Å². The van der Waals surface area contributed by atoms with Crippen LogP contribution in [0, 0.1) is 6.92 Å². The summed E-state index contributed by atoms with van der Waals surface area (Å²) in [5.74, 6) is 0.0420. The zero-order valence-electron chi connectivity index (χ0n) is 13.6. The molecule has 0 bridgehead atoms. The molecule has 2 aromatic rings. The predicted octanol–water partition coefficient (Wildman–Crippen LogP) is 3.55. The van der Waals surface area contributed by atoms with Gasteiger partial charge in [-0.1, -0.05) is 12.1 Å². The standard InChI is InChI=1S/C18H21N3O.2ClH/c1-12-5-6-13(11-20-12)9-18(22)21-17-4-2-3-14-10-15(19)7-8-16(14)17;;/h5-8,10-11,17H,2-4,9,19H2,1H3,(H,21,22);2*1H. The number of fused-ring (bicyclic) bond motifs is 1. The number of nitrogens with zero attached hydrogens (tertiary/aromatic N) is 1. The van der Waals surface area contributed by atoms with E-state index in [4.69, 9.17) is 5.73 Å². The summed E-state index contributed by atoms with van der Waals surface area (Å²) < 4.78 is 0. The topological polar surface area (TPSA) is 68.0 Å².